The van der Waals surface area contributed by atoms with E-state index in [1.54, 1.807) is 6.07 Å². The molecule has 1 aromatic carbocycles. The molecule has 0 amide bonds. The van der Waals surface area contributed by atoms with Gasteiger partial charge < -0.3 is 0 Å². The van der Waals surface area contributed by atoms with Crippen molar-refractivity contribution in [2.45, 2.75) is 19.8 Å². The molecule has 1 nitrogen and oxygen atoms in total. The molecule has 0 N–H and O–H groups in total. The molecule has 0 aromatic heterocycles. The lowest BCUT2D eigenvalue weighted by Gasteiger charge is -1.86. The largest absolute Gasteiger partial charge is 0.290 e. The molecule has 7 heavy (non-hydrogen) atoms. The van der Waals surface area contributed by atoms with Crippen molar-refractivity contribution in [2.75, 3.05) is 0 Å². The Balaban J connectivity index is 2.67. The summed E-state index contributed by atoms with van der Waals surface area (Å²) in [5.74, 6) is 0.451. The summed E-state index contributed by atoms with van der Waals surface area (Å²) in [6.07, 6.45) is 0. The van der Waals surface area contributed by atoms with E-state index in [1.165, 1.54) is 0 Å². The third-order valence-electron chi connectivity index (χ3n) is 1.11. The Bertz CT molecular complexity index is 168. The summed E-state index contributed by atoms with van der Waals surface area (Å²) >= 11 is 0. The van der Waals surface area contributed by atoms with Crippen LogP contribution in [-0.4, -0.2) is 0 Å². The second-order valence-electron chi connectivity index (χ2n) is 2.12. The highest BCUT2D eigenvalue weighted by Crippen LogP contribution is 2.10. The fourth-order valence-electron chi connectivity index (χ4n) is 0.556. The Hall–Kier alpha value is -0.590. The highest BCUT2D eigenvalue weighted by molar-refractivity contribution is 5.26. The molecule has 0 aliphatic carbocycles. The van der Waals surface area contributed by atoms with E-state index >= 15 is 0 Å². The predicted molar refractivity (Wildman–Crippen MR) is 29.2 cm³/mol. The molecule has 0 bridgehead atoms. The van der Waals surface area contributed by atoms with Crippen LogP contribution in [0.1, 0.15) is 25.3 Å². The molecule has 1 heteroatoms. The summed E-state index contributed by atoms with van der Waals surface area (Å²) in [4.78, 5) is 10.2. The van der Waals surface area contributed by atoms with E-state index in [4.69, 9.17) is 0 Å². The van der Waals surface area contributed by atoms with Crippen molar-refractivity contribution in [1.82, 2.24) is 0 Å². The van der Waals surface area contributed by atoms with Crippen molar-refractivity contribution in [2.24, 2.45) is 0 Å². The molecule has 0 fully saturated rings. The van der Waals surface area contributed by atoms with Gasteiger partial charge in [0.05, 0.1) is 0 Å². The third kappa shape index (κ3) is 0.710. The molecule has 0 aliphatic rings. The minimum Gasteiger partial charge on any atom is -0.290 e. The third-order valence-corrected chi connectivity index (χ3v) is 1.11. The first kappa shape index (κ1) is 4.57. The molecule has 0 atom stereocenters. The fraction of sp³-hybridized carbons (Fsp3) is 0.500. The maximum atomic E-state index is 10.2. The molecule has 38 valence electrons. The normalized spacial score (nSPS) is 11.3. The molecule has 0 saturated heterocycles. The summed E-state index contributed by atoms with van der Waals surface area (Å²) < 4.78 is 0. The van der Waals surface area contributed by atoms with Gasteiger partial charge in [-0.25, -0.2) is 0 Å². The van der Waals surface area contributed by atoms with Crippen molar-refractivity contribution >= 4 is 0 Å². The first-order valence-electron chi connectivity index (χ1n) is 2.47. The Morgan fingerprint density at radius 2 is 2.00 bits per heavy atom. The zero-order valence-corrected chi connectivity index (χ0v) is 4.56. The van der Waals surface area contributed by atoms with Gasteiger partial charge in [-0.05, 0) is 12.0 Å². The van der Waals surface area contributed by atoms with Gasteiger partial charge in [0.15, 0.2) is 5.43 Å². The Labute approximate surface area is 42.7 Å². The SMILES string of the molecule is CC(C)c1cc1=O. The topological polar surface area (TPSA) is 17.1 Å². The van der Waals surface area contributed by atoms with Crippen LogP contribution in [0.2, 0.25) is 0 Å². The molecule has 0 spiro atoms. The van der Waals surface area contributed by atoms with Crippen LogP contribution < -0.4 is 5.43 Å². The van der Waals surface area contributed by atoms with E-state index in [0.717, 1.165) is 5.56 Å². The van der Waals surface area contributed by atoms with Crippen LogP contribution in [0.4, 0.5) is 0 Å². The van der Waals surface area contributed by atoms with Gasteiger partial charge in [-0.3, -0.25) is 4.79 Å². The lowest BCUT2D eigenvalue weighted by Crippen LogP contribution is -1.82. The minimum atomic E-state index is 0.245. The Morgan fingerprint density at radius 3 is 2.00 bits per heavy atom. The second kappa shape index (κ2) is 1.19. The number of hydrogen-bond donors (Lipinski definition) is 0. The first-order chi connectivity index (χ1) is 3.22. The van der Waals surface area contributed by atoms with Crippen LogP contribution in [0, 0.1) is 0 Å². The van der Waals surface area contributed by atoms with E-state index in [-0.39, 0.29) is 5.43 Å². The summed E-state index contributed by atoms with van der Waals surface area (Å²) in [5, 5.41) is 0. The molecule has 1 aromatic rings. The van der Waals surface area contributed by atoms with E-state index in [2.05, 4.69) is 0 Å². The molecule has 1 rings (SSSR count). The van der Waals surface area contributed by atoms with E-state index < -0.39 is 0 Å². The van der Waals surface area contributed by atoms with Gasteiger partial charge in [0.1, 0.15) is 0 Å². The zero-order valence-electron chi connectivity index (χ0n) is 4.56. The van der Waals surface area contributed by atoms with Crippen molar-refractivity contribution in [3.63, 3.8) is 0 Å². The van der Waals surface area contributed by atoms with E-state index in [1.807, 2.05) is 13.8 Å². The van der Waals surface area contributed by atoms with E-state index in [0.29, 0.717) is 5.92 Å². The lowest BCUT2D eigenvalue weighted by atomic mass is 10.2. The maximum absolute atomic E-state index is 10.2. The average molecular weight is 96.1 g/mol. The second-order valence-corrected chi connectivity index (χ2v) is 2.12. The van der Waals surface area contributed by atoms with Crippen LogP contribution in [0.5, 0.6) is 0 Å². The molecule has 0 radical (unpaired) electrons. The van der Waals surface area contributed by atoms with Crippen molar-refractivity contribution < 1.29 is 0 Å². The van der Waals surface area contributed by atoms with Gasteiger partial charge in [0.2, 0.25) is 0 Å². The molecule has 0 unspecified atom stereocenters. The molecule has 0 heterocycles. The zero-order chi connectivity index (χ0) is 5.44. The quantitative estimate of drug-likeness (QED) is 0.510. The highest BCUT2D eigenvalue weighted by atomic mass is 16.1. The molecular weight excluding hydrogens is 88.1 g/mol. The average Bonchev–Trinajstić information content (AvgIpc) is 2.17. The number of rotatable bonds is 1. The minimum absolute atomic E-state index is 0.245. The molecule has 0 saturated carbocycles. The summed E-state index contributed by atoms with van der Waals surface area (Å²) in [6.45, 7) is 4.05. The fourth-order valence-corrected chi connectivity index (χ4v) is 0.556. The summed E-state index contributed by atoms with van der Waals surface area (Å²) in [6, 6.07) is 1.69. The summed E-state index contributed by atoms with van der Waals surface area (Å²) in [7, 11) is 0. The first-order valence-corrected chi connectivity index (χ1v) is 2.47. The Morgan fingerprint density at radius 1 is 1.57 bits per heavy atom. The van der Waals surface area contributed by atoms with Gasteiger partial charge >= 0.3 is 0 Å². The van der Waals surface area contributed by atoms with Crippen molar-refractivity contribution in [3.8, 4) is 0 Å². The Kier molecular flexibility index (Phi) is 0.775. The van der Waals surface area contributed by atoms with E-state index in [9.17, 15) is 4.79 Å². The van der Waals surface area contributed by atoms with Gasteiger partial charge in [0.25, 0.3) is 0 Å². The van der Waals surface area contributed by atoms with Crippen molar-refractivity contribution in [3.05, 3.63) is 21.9 Å². The van der Waals surface area contributed by atoms with Gasteiger partial charge in [0, 0.05) is 5.56 Å². The smallest absolute Gasteiger partial charge is 0.182 e. The van der Waals surface area contributed by atoms with Gasteiger partial charge in [-0.1, -0.05) is 13.8 Å². The van der Waals surface area contributed by atoms with Crippen LogP contribution in [0.25, 0.3) is 0 Å². The van der Waals surface area contributed by atoms with Crippen molar-refractivity contribution in [1.29, 1.82) is 0 Å². The monoisotopic (exact) mass is 96.1 g/mol. The van der Waals surface area contributed by atoms with Crippen LogP contribution in [0.3, 0.4) is 0 Å². The molecular formula is C6H8O. The van der Waals surface area contributed by atoms with Crippen LogP contribution in [-0.2, 0) is 0 Å². The van der Waals surface area contributed by atoms with Crippen LogP contribution in [0.15, 0.2) is 10.9 Å². The standard InChI is InChI=1S/C6H8O/c1-4(2)5-3-6(5)7/h3-4H,1-2H3. The summed E-state index contributed by atoms with van der Waals surface area (Å²) in [5.41, 5.74) is 1.25. The predicted octanol–water partition coefficient (Wildman–Crippen LogP) is 1.05. The lowest BCUT2D eigenvalue weighted by molar-refractivity contribution is 0.887. The number of hydrogen-bond acceptors (Lipinski definition) is 1. The van der Waals surface area contributed by atoms with Gasteiger partial charge in [-0.15, -0.1) is 0 Å². The van der Waals surface area contributed by atoms with Crippen LogP contribution >= 0.6 is 0 Å². The van der Waals surface area contributed by atoms with Gasteiger partial charge in [-0.2, -0.15) is 0 Å². The maximum Gasteiger partial charge on any atom is 0.182 e. The highest BCUT2D eigenvalue weighted by Gasteiger charge is 2.10. The molecule has 0 aliphatic heterocycles.